The first-order chi connectivity index (χ1) is 16.5. The average molecular weight is 483 g/mol. The van der Waals surface area contributed by atoms with Gasteiger partial charge in [0.2, 0.25) is 0 Å². The van der Waals surface area contributed by atoms with Gasteiger partial charge in [-0.15, -0.1) is 0 Å². The molecule has 0 unspecified atom stereocenters. The number of aryl methyl sites for hydroxylation is 1. The fraction of sp³-hybridized carbons (Fsp3) is 0.103. The van der Waals surface area contributed by atoms with Gasteiger partial charge in [-0.25, -0.2) is 8.42 Å². The smallest absolute Gasteiger partial charge is 0.203 e. The molecule has 5 aromatic carbocycles. The maximum Gasteiger partial charge on any atom is 0.279 e. The van der Waals surface area contributed by atoms with Crippen LogP contribution in [0.3, 0.4) is 0 Å². The molecule has 1 aliphatic rings. The fourth-order valence-corrected chi connectivity index (χ4v) is 8.80. The van der Waals surface area contributed by atoms with Crippen LogP contribution in [0.1, 0.15) is 16.7 Å². The summed E-state index contributed by atoms with van der Waals surface area (Å²) >= 11 is -0.584. The van der Waals surface area contributed by atoms with E-state index in [4.69, 9.17) is 0 Å². The van der Waals surface area contributed by atoms with Gasteiger partial charge >= 0.3 is 0 Å². The third-order valence-corrected chi connectivity index (χ3v) is 10.5. The lowest BCUT2D eigenvalue weighted by Crippen LogP contribution is -2.32. The summed E-state index contributed by atoms with van der Waals surface area (Å²) in [4.78, 5) is 0.312. The molecule has 0 spiro atoms. The van der Waals surface area contributed by atoms with Gasteiger partial charge in [-0.05, 0) is 55.9 Å². The Morgan fingerprint density at radius 1 is 0.647 bits per heavy atom. The Hall–Kier alpha value is -3.12. The van der Waals surface area contributed by atoms with Crippen molar-refractivity contribution in [2.75, 3.05) is 0 Å². The molecule has 0 amide bonds. The topological polar surface area (TPSA) is 46.2 Å². The summed E-state index contributed by atoms with van der Waals surface area (Å²) in [5.74, 6) is 1.32. The van der Waals surface area contributed by atoms with Gasteiger partial charge in [0.1, 0.15) is 0 Å². The van der Waals surface area contributed by atoms with Gasteiger partial charge in [0.05, 0.1) is 16.0 Å². The summed E-state index contributed by atoms with van der Waals surface area (Å²) in [6.07, 6.45) is 0. The summed E-state index contributed by atoms with van der Waals surface area (Å²) in [6.45, 7) is 1.96. The van der Waals surface area contributed by atoms with E-state index < -0.39 is 21.1 Å². The molecule has 0 radical (unpaired) electrons. The van der Waals surface area contributed by atoms with Crippen molar-refractivity contribution in [3.63, 3.8) is 0 Å². The number of hydrogen-bond donors (Lipinski definition) is 1. The van der Waals surface area contributed by atoms with Crippen molar-refractivity contribution < 1.29 is 8.42 Å². The van der Waals surface area contributed by atoms with Crippen molar-refractivity contribution in [1.29, 1.82) is 0 Å². The zero-order valence-electron chi connectivity index (χ0n) is 18.8. The molecule has 6 rings (SSSR count). The number of rotatable bonds is 3. The molecule has 0 atom stereocenters. The zero-order chi connectivity index (χ0) is 23.3. The van der Waals surface area contributed by atoms with Gasteiger partial charge < -0.3 is 0 Å². The van der Waals surface area contributed by atoms with Crippen LogP contribution in [0.2, 0.25) is 0 Å². The second-order valence-corrected chi connectivity index (χ2v) is 12.5. The van der Waals surface area contributed by atoms with Crippen LogP contribution in [0, 0.1) is 6.92 Å². The summed E-state index contributed by atoms with van der Waals surface area (Å²) in [6, 6.07) is 32.6. The van der Waals surface area contributed by atoms with E-state index in [-0.39, 0.29) is 0 Å². The van der Waals surface area contributed by atoms with Crippen LogP contribution in [-0.4, -0.2) is 8.42 Å². The Morgan fingerprint density at radius 2 is 1.15 bits per heavy atom. The average Bonchev–Trinajstić information content (AvgIpc) is 3.00. The van der Waals surface area contributed by atoms with E-state index in [1.54, 1.807) is 12.1 Å². The van der Waals surface area contributed by atoms with E-state index in [0.29, 0.717) is 16.4 Å². The standard InChI is InChI=1S/C29H24NO2S2/c1-20-10-16-25(17-11-20)34(31,32)30-33-18-23-14-12-21-6-2-4-8-26(21)28(23)29-24(19-33)15-13-22-7-3-5-9-27(22)29/h2-17,30H,18-19H2,1H3/q+1. The van der Waals surface area contributed by atoms with E-state index in [9.17, 15) is 8.42 Å². The number of sulfonamides is 1. The van der Waals surface area contributed by atoms with Gasteiger partial charge in [-0.2, -0.15) is 0 Å². The predicted molar refractivity (Wildman–Crippen MR) is 143 cm³/mol. The van der Waals surface area contributed by atoms with Crippen LogP contribution in [0.15, 0.2) is 102 Å². The Kier molecular flexibility index (Phi) is 5.21. The quantitative estimate of drug-likeness (QED) is 0.299. The molecule has 5 aromatic rings. The molecule has 0 aromatic heterocycles. The third kappa shape index (κ3) is 3.70. The highest BCUT2D eigenvalue weighted by Crippen LogP contribution is 2.42. The number of fused-ring (bicyclic) bond motifs is 7. The molecule has 3 nitrogen and oxygen atoms in total. The highest BCUT2D eigenvalue weighted by molar-refractivity contribution is 8.06. The van der Waals surface area contributed by atoms with E-state index in [1.807, 2.05) is 19.1 Å². The Balaban J connectivity index is 1.54. The summed E-state index contributed by atoms with van der Waals surface area (Å²) in [7, 11) is -3.62. The SMILES string of the molecule is Cc1ccc(S(=O)(=O)N[S+]2Cc3ccc4ccccc4c3-c3c(ccc4ccccc34)C2)cc1. The lowest BCUT2D eigenvalue weighted by molar-refractivity contribution is 0.594. The molecule has 0 bridgehead atoms. The monoisotopic (exact) mass is 482 g/mol. The van der Waals surface area contributed by atoms with Crippen LogP contribution < -0.4 is 4.13 Å². The van der Waals surface area contributed by atoms with Gasteiger partial charge in [-0.1, -0.05) is 90.5 Å². The molecule has 5 heteroatoms. The minimum Gasteiger partial charge on any atom is -0.203 e. The van der Waals surface area contributed by atoms with E-state index >= 15 is 0 Å². The Bertz CT molecular complexity index is 1570. The number of nitrogens with one attached hydrogen (secondary N) is 1. The fourth-order valence-electron chi connectivity index (χ4n) is 4.87. The molecule has 0 saturated carbocycles. The maximum absolute atomic E-state index is 13.3. The second kappa shape index (κ2) is 8.27. The van der Waals surface area contributed by atoms with Gasteiger partial charge in [0, 0.05) is 11.1 Å². The summed E-state index contributed by atoms with van der Waals surface area (Å²) in [5, 5.41) is 4.82. The van der Waals surface area contributed by atoms with Crippen molar-refractivity contribution in [3.8, 4) is 11.1 Å². The maximum atomic E-state index is 13.3. The molecule has 0 saturated heterocycles. The molecule has 0 aliphatic carbocycles. The number of hydrogen-bond acceptors (Lipinski definition) is 2. The van der Waals surface area contributed by atoms with Crippen LogP contribution in [0.25, 0.3) is 32.7 Å². The first-order valence-electron chi connectivity index (χ1n) is 11.3. The van der Waals surface area contributed by atoms with Crippen molar-refractivity contribution in [2.45, 2.75) is 23.3 Å². The van der Waals surface area contributed by atoms with Crippen molar-refractivity contribution in [1.82, 2.24) is 4.13 Å². The van der Waals surface area contributed by atoms with Crippen molar-refractivity contribution in [3.05, 3.63) is 114 Å². The first-order valence-corrected chi connectivity index (χ1v) is 14.3. The number of benzene rings is 5. The van der Waals surface area contributed by atoms with Crippen LogP contribution in [0.5, 0.6) is 0 Å². The van der Waals surface area contributed by atoms with Crippen LogP contribution >= 0.6 is 0 Å². The Labute approximate surface area is 203 Å². The minimum atomic E-state index is -3.62. The molecule has 1 heterocycles. The molecule has 0 fully saturated rings. The van der Waals surface area contributed by atoms with Crippen molar-refractivity contribution in [2.24, 2.45) is 0 Å². The lowest BCUT2D eigenvalue weighted by Gasteiger charge is -2.14. The van der Waals surface area contributed by atoms with Gasteiger partial charge in [-0.3, -0.25) is 0 Å². The molecular formula is C29H24NO2S2+. The van der Waals surface area contributed by atoms with Crippen LogP contribution in [-0.2, 0) is 32.6 Å². The van der Waals surface area contributed by atoms with E-state index in [0.717, 1.165) is 5.56 Å². The van der Waals surface area contributed by atoms with Gasteiger partial charge in [0.25, 0.3) is 10.0 Å². The van der Waals surface area contributed by atoms with Crippen LogP contribution in [0.4, 0.5) is 0 Å². The normalized spacial score (nSPS) is 14.0. The summed E-state index contributed by atoms with van der Waals surface area (Å²) in [5.41, 5.74) is 5.87. The second-order valence-electron chi connectivity index (χ2n) is 8.82. The molecule has 1 N–H and O–H groups in total. The molecule has 1 aliphatic heterocycles. The third-order valence-electron chi connectivity index (χ3n) is 6.50. The van der Waals surface area contributed by atoms with Crippen molar-refractivity contribution >= 4 is 42.6 Å². The summed E-state index contributed by atoms with van der Waals surface area (Å²) < 4.78 is 29.6. The van der Waals surface area contributed by atoms with E-state index in [2.05, 4.69) is 76.9 Å². The molecule has 34 heavy (non-hydrogen) atoms. The minimum absolute atomic E-state index is 0.312. The highest BCUT2D eigenvalue weighted by Gasteiger charge is 2.34. The molecular weight excluding hydrogens is 458 g/mol. The highest BCUT2D eigenvalue weighted by atomic mass is 32.3. The Morgan fingerprint density at radius 3 is 1.68 bits per heavy atom. The lowest BCUT2D eigenvalue weighted by atomic mass is 9.88. The predicted octanol–water partition coefficient (Wildman–Crippen LogP) is 6.49. The zero-order valence-corrected chi connectivity index (χ0v) is 20.4. The largest absolute Gasteiger partial charge is 0.279 e. The van der Waals surface area contributed by atoms with E-state index in [1.165, 1.54) is 43.8 Å². The van der Waals surface area contributed by atoms with Gasteiger partial charge in [0.15, 0.2) is 11.5 Å². The molecule has 168 valence electrons. The first kappa shape index (κ1) is 21.4.